The smallest absolute Gasteiger partial charge is 0.410 e. The third-order valence-electron chi connectivity index (χ3n) is 4.28. The molecule has 144 valence electrons. The van der Waals surface area contributed by atoms with Gasteiger partial charge in [0.1, 0.15) is 11.4 Å². The minimum atomic E-state index is -1.38. The molecule has 0 aliphatic rings. The number of amides is 1. The molecule has 0 atom stereocenters. The Morgan fingerprint density at radius 1 is 1.29 bits per heavy atom. The maximum atomic E-state index is 14.7. The molecule has 1 amide bonds. The Bertz CT molecular complexity index is 1250. The van der Waals surface area contributed by atoms with Gasteiger partial charge in [0, 0.05) is 34.7 Å². The van der Waals surface area contributed by atoms with Gasteiger partial charge in [0.15, 0.2) is 5.82 Å². The van der Waals surface area contributed by atoms with Gasteiger partial charge in [-0.2, -0.15) is 5.10 Å². The molecule has 4 rings (SSSR count). The maximum Gasteiger partial charge on any atom is 0.410 e. The van der Waals surface area contributed by atoms with Crippen molar-refractivity contribution in [2.24, 2.45) is 0 Å². The Kier molecular flexibility index (Phi) is 4.80. The van der Waals surface area contributed by atoms with E-state index in [9.17, 15) is 19.1 Å². The normalized spacial score (nSPS) is 10.8. The van der Waals surface area contributed by atoms with Gasteiger partial charge in [-0.15, -0.1) is 5.10 Å². The number of halogens is 1. The number of carbonyl (C=O) groups is 2. The van der Waals surface area contributed by atoms with E-state index < -0.39 is 23.4 Å². The number of pyridine rings is 1. The van der Waals surface area contributed by atoms with E-state index in [1.54, 1.807) is 18.3 Å². The van der Waals surface area contributed by atoms with E-state index in [0.717, 1.165) is 0 Å². The quantitative estimate of drug-likeness (QED) is 0.373. The molecule has 0 saturated heterocycles. The van der Waals surface area contributed by atoms with Crippen LogP contribution in [-0.4, -0.2) is 42.1 Å². The van der Waals surface area contributed by atoms with Crippen LogP contribution in [0.5, 0.6) is 0 Å². The number of carboxylic acids is 1. The van der Waals surface area contributed by atoms with Gasteiger partial charge in [-0.1, -0.05) is 0 Å². The van der Waals surface area contributed by atoms with Crippen molar-refractivity contribution in [2.45, 2.75) is 6.92 Å². The summed E-state index contributed by atoms with van der Waals surface area (Å²) in [6.07, 6.45) is 1.81. The number of hydrogen-bond acceptors (Lipinski definition) is 4. The fourth-order valence-electron chi connectivity index (χ4n) is 3.17. The summed E-state index contributed by atoms with van der Waals surface area (Å²) < 4.78 is 16.2. The van der Waals surface area contributed by atoms with Crippen molar-refractivity contribution >= 4 is 34.3 Å². The predicted octanol–water partition coefficient (Wildman–Crippen LogP) is 3.11. The molecule has 0 bridgehead atoms. The molecule has 0 aliphatic heterocycles. The summed E-state index contributed by atoms with van der Waals surface area (Å²) in [5.41, 5.74) is 1.51. The first kappa shape index (κ1) is 19.3. The number of aromatic carboxylic acids is 1. The number of nitrogens with zero attached hydrogens (tertiary/aromatic N) is 3. The number of nitrogens with one attached hydrogen (secondary N) is 2. The van der Waals surface area contributed by atoms with Crippen LogP contribution >= 0.6 is 0 Å². The molecule has 0 fully saturated rings. The molecule has 0 unspecified atom stereocenters. The molecule has 4 aromatic rings. The summed E-state index contributed by atoms with van der Waals surface area (Å²) in [6.45, 7) is 1.50. The molecular weight excluding hydrogens is 413 g/mol. The first-order valence-electron chi connectivity index (χ1n) is 7.75. The molecule has 0 saturated carbocycles. The summed E-state index contributed by atoms with van der Waals surface area (Å²) in [5, 5.41) is 31.2. The van der Waals surface area contributed by atoms with E-state index in [-0.39, 0.29) is 34.0 Å². The van der Waals surface area contributed by atoms with Crippen LogP contribution in [0.2, 0.25) is 0 Å². The number of anilines is 1. The van der Waals surface area contributed by atoms with E-state index >= 15 is 0 Å². The molecule has 0 radical (unpaired) electrons. The molecule has 11 heteroatoms. The van der Waals surface area contributed by atoms with Gasteiger partial charge in [-0.3, -0.25) is 10.4 Å². The van der Waals surface area contributed by atoms with E-state index in [1.165, 1.54) is 23.7 Å². The van der Waals surface area contributed by atoms with Crippen LogP contribution < -0.4 is 5.32 Å². The van der Waals surface area contributed by atoms with Crippen molar-refractivity contribution in [1.82, 2.24) is 19.8 Å². The molecule has 28 heavy (non-hydrogen) atoms. The SMILES string of the molecule is Cc1c(F)c(C(=O)O)c2[nH]ncc2c1-c1ccn2nc(NC(=O)O)cc2c1.[Fe]. The first-order chi connectivity index (χ1) is 12.9. The van der Waals surface area contributed by atoms with Crippen molar-refractivity contribution in [2.75, 3.05) is 5.32 Å². The van der Waals surface area contributed by atoms with E-state index in [0.29, 0.717) is 22.0 Å². The van der Waals surface area contributed by atoms with Crippen LogP contribution in [0.1, 0.15) is 15.9 Å². The fraction of sp³-hybridized carbons (Fsp3) is 0.0588. The minimum absolute atomic E-state index is 0. The topological polar surface area (TPSA) is 133 Å². The van der Waals surface area contributed by atoms with Gasteiger partial charge in [0.25, 0.3) is 0 Å². The van der Waals surface area contributed by atoms with Crippen LogP contribution in [-0.2, 0) is 17.1 Å². The van der Waals surface area contributed by atoms with Crippen molar-refractivity contribution in [3.05, 3.63) is 47.5 Å². The standard InChI is InChI=1S/C17H12FN5O4.Fe/c1-7-12(10-6-19-21-15(10)13(14(7)18)16(24)25)8-2-3-23-9(4-8)5-11(22-23)20-17(26)27;/h2-6H,1H3,(H,19,21)(H,20,22)(H,24,25)(H,26,27);. The van der Waals surface area contributed by atoms with Crippen LogP contribution in [0.3, 0.4) is 0 Å². The number of rotatable bonds is 3. The zero-order valence-corrected chi connectivity index (χ0v) is 15.3. The Labute approximate surface area is 166 Å². The van der Waals surface area contributed by atoms with Gasteiger partial charge < -0.3 is 10.2 Å². The Morgan fingerprint density at radius 2 is 2.04 bits per heavy atom. The number of fused-ring (bicyclic) bond motifs is 2. The summed E-state index contributed by atoms with van der Waals surface area (Å²) in [6, 6.07) is 4.91. The van der Waals surface area contributed by atoms with Gasteiger partial charge >= 0.3 is 12.1 Å². The van der Waals surface area contributed by atoms with Crippen LogP contribution in [0.25, 0.3) is 27.5 Å². The third-order valence-corrected chi connectivity index (χ3v) is 4.28. The van der Waals surface area contributed by atoms with Gasteiger partial charge in [0.05, 0.1) is 17.2 Å². The second-order valence-corrected chi connectivity index (χ2v) is 5.90. The number of hydrogen-bond donors (Lipinski definition) is 4. The molecular formula is C17H12FFeN5O4. The van der Waals surface area contributed by atoms with Crippen molar-refractivity contribution in [1.29, 1.82) is 0 Å². The van der Waals surface area contributed by atoms with Crippen LogP contribution in [0, 0.1) is 12.7 Å². The van der Waals surface area contributed by atoms with Crippen LogP contribution in [0.15, 0.2) is 30.6 Å². The van der Waals surface area contributed by atoms with Gasteiger partial charge in [0.2, 0.25) is 0 Å². The van der Waals surface area contributed by atoms with E-state index in [2.05, 4.69) is 20.6 Å². The molecule has 3 aromatic heterocycles. The van der Waals surface area contributed by atoms with E-state index in [1.807, 2.05) is 0 Å². The largest absolute Gasteiger partial charge is 0.478 e. The Hall–Kier alpha value is -3.43. The van der Waals surface area contributed by atoms with Gasteiger partial charge in [-0.05, 0) is 35.7 Å². The van der Waals surface area contributed by atoms with Crippen LogP contribution in [0.4, 0.5) is 15.0 Å². The molecule has 1 aromatic carbocycles. The molecule has 9 nitrogen and oxygen atoms in total. The Morgan fingerprint density at radius 3 is 2.71 bits per heavy atom. The zero-order chi connectivity index (χ0) is 19.3. The molecule has 0 aliphatic carbocycles. The second kappa shape index (κ2) is 6.95. The maximum absolute atomic E-state index is 14.7. The second-order valence-electron chi connectivity index (χ2n) is 5.90. The van der Waals surface area contributed by atoms with E-state index in [4.69, 9.17) is 5.11 Å². The minimum Gasteiger partial charge on any atom is -0.478 e. The van der Waals surface area contributed by atoms with Crippen molar-refractivity contribution < 1.29 is 41.3 Å². The Balaban J connectivity index is 0.00000225. The predicted molar refractivity (Wildman–Crippen MR) is 93.6 cm³/mol. The van der Waals surface area contributed by atoms with Crippen molar-refractivity contribution in [3.63, 3.8) is 0 Å². The number of carboxylic acid groups (broad SMARTS) is 2. The molecule has 4 N–H and O–H groups in total. The zero-order valence-electron chi connectivity index (χ0n) is 14.2. The first-order valence-corrected chi connectivity index (χ1v) is 7.75. The molecule has 0 spiro atoms. The average Bonchev–Trinajstić information content (AvgIpc) is 3.20. The monoisotopic (exact) mass is 425 g/mol. The summed E-state index contributed by atoms with van der Waals surface area (Å²) in [5.74, 6) is -2.07. The fourth-order valence-corrected chi connectivity index (χ4v) is 3.17. The van der Waals surface area contributed by atoms with Gasteiger partial charge in [-0.25, -0.2) is 18.5 Å². The summed E-state index contributed by atoms with van der Waals surface area (Å²) in [7, 11) is 0. The number of H-pyrrole nitrogens is 1. The average molecular weight is 425 g/mol. The van der Waals surface area contributed by atoms with Crippen molar-refractivity contribution in [3.8, 4) is 11.1 Å². The number of aromatic amines is 1. The third kappa shape index (κ3) is 2.96. The number of aromatic nitrogens is 4. The summed E-state index contributed by atoms with van der Waals surface area (Å²) >= 11 is 0. The molecule has 3 heterocycles. The number of benzene rings is 1. The summed E-state index contributed by atoms with van der Waals surface area (Å²) in [4.78, 5) is 22.2.